The van der Waals surface area contributed by atoms with Gasteiger partial charge in [0.1, 0.15) is 0 Å². The third-order valence-corrected chi connectivity index (χ3v) is 5.20. The van der Waals surface area contributed by atoms with Crippen LogP contribution in [0.25, 0.3) is 0 Å². The first-order chi connectivity index (χ1) is 13.7. The second kappa shape index (κ2) is 7.46. The van der Waals surface area contributed by atoms with Crippen molar-refractivity contribution >= 4 is 19.7 Å². The first kappa shape index (κ1) is 28.4. The van der Waals surface area contributed by atoms with Crippen molar-refractivity contribution in [2.45, 2.75) is 46.6 Å². The molecule has 0 saturated carbocycles. The van der Waals surface area contributed by atoms with Gasteiger partial charge in [-0.15, -0.1) is 0 Å². The summed E-state index contributed by atoms with van der Waals surface area (Å²) in [5, 5.41) is 0. The zero-order valence-corrected chi connectivity index (χ0v) is 15.7. The van der Waals surface area contributed by atoms with E-state index in [0.717, 1.165) is 0 Å². The standard InChI is InChI=1S/C13H4ClF15O2S/c14-32(30,31)6-3-1-5(2-4-6)7(15,16)8(17,18)9(19,20)10(21,22)11(23,24)12(25,26)13(27,28)29/h1-4H. The molecule has 2 nitrogen and oxygen atoms in total. The molecule has 0 aliphatic rings. The van der Waals surface area contributed by atoms with Crippen LogP contribution in [0.3, 0.4) is 0 Å². The Labute approximate surface area is 171 Å². The Kier molecular flexibility index (Phi) is 6.63. The van der Waals surface area contributed by atoms with Crippen molar-refractivity contribution in [2.75, 3.05) is 0 Å². The summed E-state index contributed by atoms with van der Waals surface area (Å²) in [4.78, 5) is -1.12. The Bertz CT molecular complexity index is 951. The smallest absolute Gasteiger partial charge is 0.207 e. The van der Waals surface area contributed by atoms with Crippen molar-refractivity contribution in [3.63, 3.8) is 0 Å². The van der Waals surface area contributed by atoms with Gasteiger partial charge in [0.15, 0.2) is 0 Å². The molecule has 0 spiro atoms. The summed E-state index contributed by atoms with van der Waals surface area (Å²) in [5.41, 5.74) is -2.44. The van der Waals surface area contributed by atoms with Crippen LogP contribution in [0, 0.1) is 0 Å². The maximum absolute atomic E-state index is 13.9. The van der Waals surface area contributed by atoms with Crippen molar-refractivity contribution in [3.05, 3.63) is 29.8 Å². The molecule has 186 valence electrons. The van der Waals surface area contributed by atoms with Crippen LogP contribution in [0.5, 0.6) is 0 Å². The molecular weight excluding hydrogens is 541 g/mol. The second-order valence-corrected chi connectivity index (χ2v) is 8.47. The van der Waals surface area contributed by atoms with Gasteiger partial charge in [0, 0.05) is 16.2 Å². The van der Waals surface area contributed by atoms with Crippen molar-refractivity contribution < 1.29 is 74.3 Å². The average molecular weight is 545 g/mol. The second-order valence-electron chi connectivity index (χ2n) is 5.91. The van der Waals surface area contributed by atoms with E-state index in [0.29, 0.717) is 0 Å². The summed E-state index contributed by atoms with van der Waals surface area (Å²) >= 11 is 0. The van der Waals surface area contributed by atoms with E-state index in [-0.39, 0.29) is 12.1 Å². The number of halogens is 16. The van der Waals surface area contributed by atoms with E-state index in [4.69, 9.17) is 10.7 Å². The van der Waals surface area contributed by atoms with E-state index in [1.807, 2.05) is 0 Å². The molecule has 0 atom stereocenters. The highest BCUT2D eigenvalue weighted by molar-refractivity contribution is 8.13. The van der Waals surface area contributed by atoms with Crippen LogP contribution in [0.2, 0.25) is 0 Å². The zero-order valence-electron chi connectivity index (χ0n) is 14.1. The van der Waals surface area contributed by atoms with E-state index in [1.165, 1.54) is 0 Å². The van der Waals surface area contributed by atoms with Gasteiger partial charge in [-0.25, -0.2) is 8.42 Å². The van der Waals surface area contributed by atoms with Gasteiger partial charge in [0.2, 0.25) is 0 Å². The van der Waals surface area contributed by atoms with Gasteiger partial charge in [0.25, 0.3) is 9.05 Å². The van der Waals surface area contributed by atoms with Gasteiger partial charge in [0.05, 0.1) is 4.90 Å². The molecule has 0 bridgehead atoms. The Morgan fingerprint density at radius 2 is 0.844 bits per heavy atom. The summed E-state index contributed by atoms with van der Waals surface area (Å²) in [6, 6.07) is -0.881. The third kappa shape index (κ3) is 3.86. The van der Waals surface area contributed by atoms with E-state index in [9.17, 15) is 74.3 Å². The number of hydrogen-bond acceptors (Lipinski definition) is 2. The highest BCUT2D eigenvalue weighted by Gasteiger charge is 2.93. The maximum Gasteiger partial charge on any atom is 0.460 e. The molecule has 1 aromatic rings. The zero-order chi connectivity index (χ0) is 26.0. The van der Waals surface area contributed by atoms with Gasteiger partial charge < -0.3 is 0 Å². The molecule has 1 aromatic carbocycles. The van der Waals surface area contributed by atoms with Crippen LogP contribution in [0.15, 0.2) is 29.2 Å². The van der Waals surface area contributed by atoms with Crippen LogP contribution in [-0.4, -0.2) is 44.2 Å². The van der Waals surface area contributed by atoms with E-state index < -0.39 is 73.4 Å². The summed E-state index contributed by atoms with van der Waals surface area (Å²) < 4.78 is 219. The highest BCUT2D eigenvalue weighted by Crippen LogP contribution is 2.63. The predicted molar refractivity (Wildman–Crippen MR) is 74.2 cm³/mol. The minimum absolute atomic E-state index is 0.0374. The summed E-state index contributed by atoms with van der Waals surface area (Å²) in [5.74, 6) is -47.4. The van der Waals surface area contributed by atoms with E-state index in [1.54, 1.807) is 0 Å². The molecule has 32 heavy (non-hydrogen) atoms. The summed E-state index contributed by atoms with van der Waals surface area (Å²) in [7, 11) is 0.0290. The molecular formula is C13H4ClF15O2S. The van der Waals surface area contributed by atoms with Gasteiger partial charge in [-0.05, 0) is 12.1 Å². The molecule has 0 N–H and O–H groups in total. The third-order valence-electron chi connectivity index (χ3n) is 3.83. The Morgan fingerprint density at radius 3 is 1.16 bits per heavy atom. The number of hydrogen-bond donors (Lipinski definition) is 0. The molecule has 0 heterocycles. The monoisotopic (exact) mass is 544 g/mol. The van der Waals surface area contributed by atoms with Crippen LogP contribution in [0.1, 0.15) is 5.56 Å². The lowest BCUT2D eigenvalue weighted by atomic mass is 9.88. The minimum atomic E-state index is -8.40. The Hall–Kier alpha value is -1.59. The lowest BCUT2D eigenvalue weighted by Gasteiger charge is -2.41. The predicted octanol–water partition coefficient (Wildman–Crippen LogP) is 6.44. The van der Waals surface area contributed by atoms with E-state index in [2.05, 4.69) is 0 Å². The van der Waals surface area contributed by atoms with E-state index >= 15 is 0 Å². The van der Waals surface area contributed by atoms with Crippen LogP contribution in [0.4, 0.5) is 65.9 Å². The number of alkyl halides is 15. The maximum atomic E-state index is 13.9. The largest absolute Gasteiger partial charge is 0.460 e. The fraction of sp³-hybridized carbons (Fsp3) is 0.538. The normalized spacial score (nSPS) is 15.8. The molecule has 19 heteroatoms. The van der Waals surface area contributed by atoms with Crippen LogP contribution < -0.4 is 0 Å². The molecule has 0 aliphatic heterocycles. The number of benzene rings is 1. The fourth-order valence-electron chi connectivity index (χ4n) is 1.97. The summed E-state index contributed by atoms with van der Waals surface area (Å²) in [6.45, 7) is 0. The first-order valence-corrected chi connectivity index (χ1v) is 9.41. The van der Waals surface area contributed by atoms with Gasteiger partial charge >= 0.3 is 41.7 Å². The SMILES string of the molecule is O=S(=O)(Cl)c1ccc(C(F)(F)C(F)(F)C(F)(F)C(F)(F)C(F)(F)C(F)(F)C(F)(F)F)cc1. The summed E-state index contributed by atoms with van der Waals surface area (Å²) in [6.07, 6.45) is -7.68. The van der Waals surface area contributed by atoms with Crippen molar-refractivity contribution in [1.29, 1.82) is 0 Å². The molecule has 0 amide bonds. The molecule has 0 aromatic heterocycles. The molecule has 0 radical (unpaired) electrons. The average Bonchev–Trinajstić information content (AvgIpc) is 2.59. The molecule has 1 rings (SSSR count). The molecule has 0 unspecified atom stereocenters. The van der Waals surface area contributed by atoms with Crippen molar-refractivity contribution in [1.82, 2.24) is 0 Å². The van der Waals surface area contributed by atoms with Gasteiger partial charge in [-0.2, -0.15) is 65.9 Å². The lowest BCUT2D eigenvalue weighted by molar-refractivity contribution is -0.453. The fourth-order valence-corrected chi connectivity index (χ4v) is 2.74. The van der Waals surface area contributed by atoms with Gasteiger partial charge in [-0.3, -0.25) is 0 Å². The first-order valence-electron chi connectivity index (χ1n) is 7.10. The quantitative estimate of drug-likeness (QED) is 0.292. The van der Waals surface area contributed by atoms with Gasteiger partial charge in [-0.1, -0.05) is 12.1 Å². The topological polar surface area (TPSA) is 34.1 Å². The lowest BCUT2D eigenvalue weighted by Crippen LogP contribution is -2.72. The minimum Gasteiger partial charge on any atom is -0.207 e. The number of rotatable bonds is 7. The molecule has 0 fully saturated rings. The Morgan fingerprint density at radius 1 is 0.531 bits per heavy atom. The highest BCUT2D eigenvalue weighted by atomic mass is 35.7. The molecule has 0 aliphatic carbocycles. The Balaban J connectivity index is 3.65. The van der Waals surface area contributed by atoms with Crippen LogP contribution >= 0.6 is 10.7 Å². The van der Waals surface area contributed by atoms with Crippen LogP contribution in [-0.2, 0) is 15.0 Å². The van der Waals surface area contributed by atoms with Crippen molar-refractivity contribution in [2.24, 2.45) is 0 Å². The van der Waals surface area contributed by atoms with Crippen molar-refractivity contribution in [3.8, 4) is 0 Å². The molecule has 0 saturated heterocycles.